The third kappa shape index (κ3) is 5.28. The molecule has 2 aromatic carbocycles. The first-order chi connectivity index (χ1) is 11.5. The minimum atomic E-state index is 0.377. The van der Waals surface area contributed by atoms with Gasteiger partial charge in [0.15, 0.2) is 11.5 Å². The van der Waals surface area contributed by atoms with E-state index in [1.807, 2.05) is 25.1 Å². The predicted octanol–water partition coefficient (Wildman–Crippen LogP) is 5.84. The SMILES string of the molecule is CCNCc1cc(Br)c(OCc2ccc(Cl)c(Cl)c2)c(OCC)c1. The minimum absolute atomic E-state index is 0.377. The molecule has 0 aliphatic carbocycles. The molecule has 0 fully saturated rings. The van der Waals surface area contributed by atoms with Crippen molar-refractivity contribution in [3.63, 3.8) is 0 Å². The first-order valence-electron chi connectivity index (χ1n) is 7.77. The van der Waals surface area contributed by atoms with Crippen LogP contribution in [0.1, 0.15) is 25.0 Å². The number of halogens is 3. The van der Waals surface area contributed by atoms with Gasteiger partial charge in [0.2, 0.25) is 0 Å². The first-order valence-corrected chi connectivity index (χ1v) is 9.32. The van der Waals surface area contributed by atoms with Gasteiger partial charge >= 0.3 is 0 Å². The average Bonchev–Trinajstić information content (AvgIpc) is 2.55. The van der Waals surface area contributed by atoms with Gasteiger partial charge in [-0.15, -0.1) is 0 Å². The average molecular weight is 433 g/mol. The Morgan fingerprint density at radius 3 is 2.46 bits per heavy atom. The Bertz CT molecular complexity index is 695. The van der Waals surface area contributed by atoms with Gasteiger partial charge in [-0.2, -0.15) is 0 Å². The zero-order valence-electron chi connectivity index (χ0n) is 13.7. The summed E-state index contributed by atoms with van der Waals surface area (Å²) >= 11 is 15.6. The smallest absolute Gasteiger partial charge is 0.175 e. The molecule has 0 saturated heterocycles. The molecule has 6 heteroatoms. The van der Waals surface area contributed by atoms with Crippen LogP contribution in [0, 0.1) is 0 Å². The van der Waals surface area contributed by atoms with E-state index in [0.717, 1.165) is 34.4 Å². The monoisotopic (exact) mass is 431 g/mol. The summed E-state index contributed by atoms with van der Waals surface area (Å²) in [6.07, 6.45) is 0. The van der Waals surface area contributed by atoms with Gasteiger partial charge in [-0.25, -0.2) is 0 Å². The van der Waals surface area contributed by atoms with Crippen molar-refractivity contribution in [3.8, 4) is 11.5 Å². The van der Waals surface area contributed by atoms with Gasteiger partial charge < -0.3 is 14.8 Å². The van der Waals surface area contributed by atoms with Crippen molar-refractivity contribution in [1.82, 2.24) is 5.32 Å². The quantitative estimate of drug-likeness (QED) is 0.567. The Labute approximate surface area is 161 Å². The van der Waals surface area contributed by atoms with E-state index in [0.29, 0.717) is 29.0 Å². The van der Waals surface area contributed by atoms with Crippen LogP contribution in [0.5, 0.6) is 11.5 Å². The van der Waals surface area contributed by atoms with E-state index in [9.17, 15) is 0 Å². The summed E-state index contributed by atoms with van der Waals surface area (Å²) in [5.74, 6) is 1.41. The van der Waals surface area contributed by atoms with Crippen LogP contribution in [0.25, 0.3) is 0 Å². The molecule has 3 nitrogen and oxygen atoms in total. The van der Waals surface area contributed by atoms with Gasteiger partial charge in [-0.3, -0.25) is 0 Å². The van der Waals surface area contributed by atoms with Gasteiger partial charge in [0.1, 0.15) is 6.61 Å². The summed E-state index contributed by atoms with van der Waals surface area (Å²) in [5.41, 5.74) is 2.07. The van der Waals surface area contributed by atoms with E-state index < -0.39 is 0 Å². The molecule has 0 spiro atoms. The molecule has 2 aromatic rings. The topological polar surface area (TPSA) is 30.5 Å². The fraction of sp³-hybridized carbons (Fsp3) is 0.333. The number of rotatable bonds is 8. The van der Waals surface area contributed by atoms with Crippen molar-refractivity contribution in [1.29, 1.82) is 0 Å². The third-order valence-corrected chi connectivity index (χ3v) is 4.64. The van der Waals surface area contributed by atoms with Crippen molar-refractivity contribution in [2.45, 2.75) is 27.0 Å². The summed E-state index contributed by atoms with van der Waals surface area (Å²) in [5, 5.41) is 4.35. The van der Waals surface area contributed by atoms with E-state index >= 15 is 0 Å². The lowest BCUT2D eigenvalue weighted by Gasteiger charge is -2.16. The lowest BCUT2D eigenvalue weighted by Crippen LogP contribution is -2.12. The van der Waals surface area contributed by atoms with Crippen molar-refractivity contribution in [2.75, 3.05) is 13.2 Å². The highest BCUT2D eigenvalue weighted by molar-refractivity contribution is 9.10. The molecule has 0 saturated carbocycles. The first kappa shape index (κ1) is 19.4. The van der Waals surface area contributed by atoms with Crippen LogP contribution in [0.2, 0.25) is 10.0 Å². The van der Waals surface area contributed by atoms with Crippen LogP contribution < -0.4 is 14.8 Å². The number of benzene rings is 2. The maximum absolute atomic E-state index is 6.05. The van der Waals surface area contributed by atoms with Gasteiger partial charge in [0.25, 0.3) is 0 Å². The number of hydrogen-bond donors (Lipinski definition) is 1. The maximum Gasteiger partial charge on any atom is 0.175 e. The summed E-state index contributed by atoms with van der Waals surface area (Å²) in [7, 11) is 0. The molecule has 130 valence electrons. The maximum atomic E-state index is 6.05. The van der Waals surface area contributed by atoms with Crippen LogP contribution in [-0.2, 0) is 13.2 Å². The molecule has 0 aliphatic rings. The number of ether oxygens (including phenoxy) is 2. The highest BCUT2D eigenvalue weighted by Crippen LogP contribution is 2.37. The summed E-state index contributed by atoms with van der Waals surface area (Å²) < 4.78 is 12.6. The van der Waals surface area contributed by atoms with Crippen molar-refractivity contribution in [2.24, 2.45) is 0 Å². The molecule has 0 radical (unpaired) electrons. The van der Waals surface area contributed by atoms with Crippen LogP contribution in [-0.4, -0.2) is 13.2 Å². The highest BCUT2D eigenvalue weighted by atomic mass is 79.9. The molecule has 0 unspecified atom stereocenters. The van der Waals surface area contributed by atoms with Gasteiger partial charge in [-0.1, -0.05) is 36.2 Å². The zero-order chi connectivity index (χ0) is 17.5. The van der Waals surface area contributed by atoms with Crippen molar-refractivity contribution >= 4 is 39.1 Å². The second kappa shape index (κ2) is 9.52. The molecule has 0 aliphatic heterocycles. The molecular weight excluding hydrogens is 413 g/mol. The standard InChI is InChI=1S/C18H20BrCl2NO2/c1-3-22-10-13-7-14(19)18(17(9-13)23-4-2)24-11-12-5-6-15(20)16(21)8-12/h5-9,22H,3-4,10-11H2,1-2H3. The highest BCUT2D eigenvalue weighted by Gasteiger charge is 2.13. The lowest BCUT2D eigenvalue weighted by molar-refractivity contribution is 0.267. The second-order valence-electron chi connectivity index (χ2n) is 5.16. The van der Waals surface area contributed by atoms with Gasteiger partial charge in [0.05, 0.1) is 21.1 Å². The Balaban J connectivity index is 2.19. The summed E-state index contributed by atoms with van der Waals surface area (Å²) in [4.78, 5) is 0. The van der Waals surface area contributed by atoms with Crippen LogP contribution in [0.15, 0.2) is 34.8 Å². The van der Waals surface area contributed by atoms with E-state index in [-0.39, 0.29) is 0 Å². The molecule has 24 heavy (non-hydrogen) atoms. The van der Waals surface area contributed by atoms with E-state index in [2.05, 4.69) is 28.2 Å². The summed E-state index contributed by atoms with van der Waals surface area (Å²) in [6.45, 7) is 6.67. The Morgan fingerprint density at radius 2 is 1.79 bits per heavy atom. The van der Waals surface area contributed by atoms with Gasteiger partial charge in [-0.05, 0) is 64.8 Å². The number of hydrogen-bond acceptors (Lipinski definition) is 3. The van der Waals surface area contributed by atoms with Crippen molar-refractivity contribution < 1.29 is 9.47 Å². The summed E-state index contributed by atoms with van der Waals surface area (Å²) in [6, 6.07) is 9.50. The minimum Gasteiger partial charge on any atom is -0.490 e. The number of nitrogens with one attached hydrogen (secondary N) is 1. The van der Waals surface area contributed by atoms with Crippen LogP contribution in [0.3, 0.4) is 0 Å². The fourth-order valence-electron chi connectivity index (χ4n) is 2.18. The molecule has 0 amide bonds. The van der Waals surface area contributed by atoms with E-state index in [1.165, 1.54) is 0 Å². The molecule has 0 heterocycles. The molecule has 0 bridgehead atoms. The fourth-order valence-corrected chi connectivity index (χ4v) is 3.11. The lowest BCUT2D eigenvalue weighted by atomic mass is 10.2. The molecule has 0 aromatic heterocycles. The second-order valence-corrected chi connectivity index (χ2v) is 6.82. The largest absolute Gasteiger partial charge is 0.490 e. The Hall–Kier alpha value is -0.940. The molecule has 2 rings (SSSR count). The Kier molecular flexibility index (Phi) is 7.69. The van der Waals surface area contributed by atoms with Crippen LogP contribution in [0.4, 0.5) is 0 Å². The third-order valence-electron chi connectivity index (χ3n) is 3.32. The normalized spacial score (nSPS) is 10.7. The molecule has 1 N–H and O–H groups in total. The van der Waals surface area contributed by atoms with E-state index in [4.69, 9.17) is 32.7 Å². The zero-order valence-corrected chi connectivity index (χ0v) is 16.8. The predicted molar refractivity (Wildman–Crippen MR) is 103 cm³/mol. The van der Waals surface area contributed by atoms with Crippen LogP contribution >= 0.6 is 39.1 Å². The Morgan fingerprint density at radius 1 is 1.00 bits per heavy atom. The van der Waals surface area contributed by atoms with Gasteiger partial charge in [0, 0.05) is 6.54 Å². The molecule has 0 atom stereocenters. The van der Waals surface area contributed by atoms with Crippen molar-refractivity contribution in [3.05, 3.63) is 56.0 Å². The van der Waals surface area contributed by atoms with E-state index in [1.54, 1.807) is 12.1 Å². The molecular formula is C18H20BrCl2NO2.